The van der Waals surface area contributed by atoms with Gasteiger partial charge in [-0.25, -0.2) is 0 Å². The van der Waals surface area contributed by atoms with Crippen LogP contribution in [0, 0.1) is 5.92 Å². The van der Waals surface area contributed by atoms with Crippen LogP contribution in [0.2, 0.25) is 0 Å². The van der Waals surface area contributed by atoms with Crippen molar-refractivity contribution >= 4 is 0 Å². The predicted octanol–water partition coefficient (Wildman–Crippen LogP) is 3.65. The van der Waals surface area contributed by atoms with E-state index in [1.807, 2.05) is 0 Å². The monoisotopic (exact) mass is 207 g/mol. The lowest BCUT2D eigenvalue weighted by Gasteiger charge is -2.43. The van der Waals surface area contributed by atoms with E-state index in [9.17, 15) is 0 Å². The van der Waals surface area contributed by atoms with E-state index in [0.29, 0.717) is 0 Å². The zero-order chi connectivity index (χ0) is 11.1. The summed E-state index contributed by atoms with van der Waals surface area (Å²) < 4.78 is 0. The van der Waals surface area contributed by atoms with Gasteiger partial charge in [0.25, 0.3) is 0 Å². The molecule has 0 aromatic heterocycles. The first kappa shape index (κ1) is 11.2. The fraction of sp³-hybridized carbons (Fsp3) is 0.857. The van der Waals surface area contributed by atoms with Gasteiger partial charge < -0.3 is 5.32 Å². The van der Waals surface area contributed by atoms with E-state index in [1.54, 1.807) is 5.57 Å². The summed E-state index contributed by atoms with van der Waals surface area (Å²) in [6.45, 7) is 9.17. The summed E-state index contributed by atoms with van der Waals surface area (Å²) in [5, 5.41) is 3.79. The lowest BCUT2D eigenvalue weighted by atomic mass is 9.71. The molecule has 1 heteroatoms. The van der Waals surface area contributed by atoms with Crippen LogP contribution in [0.1, 0.15) is 59.8 Å². The highest BCUT2D eigenvalue weighted by molar-refractivity contribution is 5.21. The number of fused-ring (bicyclic) bond motifs is 2. The Kier molecular flexibility index (Phi) is 2.70. The second-order valence-corrected chi connectivity index (χ2v) is 6.76. The minimum atomic E-state index is 0.220. The summed E-state index contributed by atoms with van der Waals surface area (Å²) in [5.41, 5.74) is 2.17. The summed E-state index contributed by atoms with van der Waals surface area (Å²) in [5.74, 6) is 0.943. The second kappa shape index (κ2) is 3.62. The maximum absolute atomic E-state index is 3.79. The van der Waals surface area contributed by atoms with Crippen molar-refractivity contribution in [3.63, 3.8) is 0 Å². The average molecular weight is 207 g/mol. The Bertz CT molecular complexity index is 272. The minimum Gasteiger partial charge on any atom is -0.303 e. The lowest BCUT2D eigenvalue weighted by Crippen LogP contribution is -2.53. The fourth-order valence-electron chi connectivity index (χ4n) is 3.55. The van der Waals surface area contributed by atoms with Gasteiger partial charge in [-0.2, -0.15) is 0 Å². The quantitative estimate of drug-likeness (QED) is 0.647. The van der Waals surface area contributed by atoms with Gasteiger partial charge in [0, 0.05) is 11.1 Å². The van der Waals surface area contributed by atoms with Crippen LogP contribution in [-0.4, -0.2) is 11.1 Å². The Morgan fingerprint density at radius 2 is 2.13 bits per heavy atom. The molecule has 0 radical (unpaired) electrons. The number of rotatable bonds is 1. The van der Waals surface area contributed by atoms with Crippen molar-refractivity contribution in [2.45, 2.75) is 70.9 Å². The molecule has 2 aliphatic rings. The van der Waals surface area contributed by atoms with Crippen molar-refractivity contribution in [2.75, 3.05) is 0 Å². The van der Waals surface area contributed by atoms with Crippen LogP contribution >= 0.6 is 0 Å². The van der Waals surface area contributed by atoms with Crippen LogP contribution in [0.4, 0.5) is 0 Å². The van der Waals surface area contributed by atoms with Gasteiger partial charge in [0.05, 0.1) is 0 Å². The van der Waals surface area contributed by atoms with Gasteiger partial charge in [0.2, 0.25) is 0 Å². The molecule has 1 N–H and O–H groups in total. The van der Waals surface area contributed by atoms with E-state index in [2.05, 4.69) is 39.1 Å². The molecule has 86 valence electrons. The average Bonchev–Trinajstić information content (AvgIpc) is 1.97. The second-order valence-electron chi connectivity index (χ2n) is 6.76. The van der Waals surface area contributed by atoms with E-state index in [1.165, 1.54) is 32.1 Å². The topological polar surface area (TPSA) is 12.0 Å². The standard InChI is InChI=1S/C14H25N/c1-13(2,3)15-14(4)9-11-6-5-7-12(8-11)10-14/h9,12,15H,5-8,10H2,1-4H3. The van der Waals surface area contributed by atoms with E-state index in [4.69, 9.17) is 0 Å². The molecule has 0 heterocycles. The molecule has 2 atom stereocenters. The summed E-state index contributed by atoms with van der Waals surface area (Å²) >= 11 is 0. The van der Waals surface area contributed by atoms with E-state index in [-0.39, 0.29) is 11.1 Å². The molecule has 1 fully saturated rings. The summed E-state index contributed by atoms with van der Waals surface area (Å²) in [6, 6.07) is 0. The van der Waals surface area contributed by atoms with Crippen molar-refractivity contribution in [3.8, 4) is 0 Å². The van der Waals surface area contributed by atoms with Gasteiger partial charge in [-0.3, -0.25) is 0 Å². The van der Waals surface area contributed by atoms with Crippen LogP contribution in [0.5, 0.6) is 0 Å². The predicted molar refractivity (Wildman–Crippen MR) is 66.0 cm³/mol. The van der Waals surface area contributed by atoms with Gasteiger partial charge in [0.1, 0.15) is 0 Å². The molecule has 0 amide bonds. The number of hydrogen-bond acceptors (Lipinski definition) is 1. The van der Waals surface area contributed by atoms with Crippen LogP contribution in [0.25, 0.3) is 0 Å². The number of hydrogen-bond donors (Lipinski definition) is 1. The summed E-state index contributed by atoms with van der Waals surface area (Å²) in [4.78, 5) is 0. The van der Waals surface area contributed by atoms with Crippen LogP contribution < -0.4 is 5.32 Å². The van der Waals surface area contributed by atoms with Crippen molar-refractivity contribution in [1.29, 1.82) is 0 Å². The molecular formula is C14H25N. The maximum Gasteiger partial charge on any atom is 0.0345 e. The molecule has 1 nitrogen and oxygen atoms in total. The highest BCUT2D eigenvalue weighted by Gasteiger charge is 2.35. The summed E-state index contributed by atoms with van der Waals surface area (Å²) in [7, 11) is 0. The first-order valence-corrected chi connectivity index (χ1v) is 6.36. The molecule has 15 heavy (non-hydrogen) atoms. The molecular weight excluding hydrogens is 182 g/mol. The molecule has 0 saturated heterocycles. The molecule has 0 aliphatic heterocycles. The Balaban J connectivity index is 2.15. The normalized spacial score (nSPS) is 36.3. The highest BCUT2D eigenvalue weighted by atomic mass is 15.0. The minimum absolute atomic E-state index is 0.220. The SMILES string of the molecule is CC(C)(C)NC1(C)C=C2CCCC(C2)C1. The third-order valence-electron chi connectivity index (χ3n) is 3.56. The van der Waals surface area contributed by atoms with Crippen molar-refractivity contribution in [1.82, 2.24) is 5.32 Å². The third kappa shape index (κ3) is 2.84. The maximum atomic E-state index is 3.79. The number of allylic oxidation sites excluding steroid dienone is 1. The van der Waals surface area contributed by atoms with E-state index >= 15 is 0 Å². The molecule has 2 bridgehead atoms. The Morgan fingerprint density at radius 1 is 1.40 bits per heavy atom. The highest BCUT2D eigenvalue weighted by Crippen LogP contribution is 2.40. The zero-order valence-corrected chi connectivity index (χ0v) is 10.7. The lowest BCUT2D eigenvalue weighted by molar-refractivity contribution is 0.224. The Labute approximate surface area is 94.3 Å². The summed E-state index contributed by atoms with van der Waals surface area (Å²) in [6.07, 6.45) is 9.43. The van der Waals surface area contributed by atoms with Gasteiger partial charge in [0.15, 0.2) is 0 Å². The van der Waals surface area contributed by atoms with Gasteiger partial charge in [-0.1, -0.05) is 11.6 Å². The van der Waals surface area contributed by atoms with Gasteiger partial charge in [-0.15, -0.1) is 0 Å². The smallest absolute Gasteiger partial charge is 0.0345 e. The van der Waals surface area contributed by atoms with Crippen LogP contribution in [0.3, 0.4) is 0 Å². The first-order chi connectivity index (χ1) is 6.86. The molecule has 0 aromatic carbocycles. The van der Waals surface area contributed by atoms with Crippen molar-refractivity contribution < 1.29 is 0 Å². The van der Waals surface area contributed by atoms with E-state index in [0.717, 1.165) is 5.92 Å². The molecule has 2 aliphatic carbocycles. The zero-order valence-electron chi connectivity index (χ0n) is 10.7. The largest absolute Gasteiger partial charge is 0.303 e. The Hall–Kier alpha value is -0.300. The molecule has 2 unspecified atom stereocenters. The van der Waals surface area contributed by atoms with Gasteiger partial charge >= 0.3 is 0 Å². The van der Waals surface area contributed by atoms with Gasteiger partial charge in [-0.05, 0) is 65.7 Å². The van der Waals surface area contributed by atoms with Crippen molar-refractivity contribution in [3.05, 3.63) is 11.6 Å². The van der Waals surface area contributed by atoms with Crippen LogP contribution in [0.15, 0.2) is 11.6 Å². The van der Waals surface area contributed by atoms with E-state index < -0.39 is 0 Å². The molecule has 0 spiro atoms. The first-order valence-electron chi connectivity index (χ1n) is 6.36. The third-order valence-corrected chi connectivity index (χ3v) is 3.56. The fourth-order valence-corrected chi connectivity index (χ4v) is 3.55. The molecule has 1 saturated carbocycles. The van der Waals surface area contributed by atoms with Crippen molar-refractivity contribution in [2.24, 2.45) is 5.92 Å². The Morgan fingerprint density at radius 3 is 2.73 bits per heavy atom. The number of nitrogens with one attached hydrogen (secondary N) is 1. The van der Waals surface area contributed by atoms with Crippen LogP contribution in [-0.2, 0) is 0 Å². The molecule has 0 aromatic rings. The molecule has 2 rings (SSSR count).